The highest BCUT2D eigenvalue weighted by Crippen LogP contribution is 2.32. The molecule has 0 unspecified atom stereocenters. The van der Waals surface area contributed by atoms with Gasteiger partial charge in [0.25, 0.3) is 0 Å². The second kappa shape index (κ2) is 8.97. The van der Waals surface area contributed by atoms with Crippen LogP contribution in [-0.2, 0) is 19.1 Å². The van der Waals surface area contributed by atoms with Gasteiger partial charge >= 0.3 is 5.97 Å². The second-order valence-corrected chi connectivity index (χ2v) is 5.97. The average Bonchev–Trinajstić information content (AvgIpc) is 3.03. The predicted octanol–water partition coefficient (Wildman–Crippen LogP) is 3.53. The van der Waals surface area contributed by atoms with Crippen LogP contribution in [0.25, 0.3) is 6.08 Å². The maximum Gasteiger partial charge on any atom is 0.347 e. The minimum atomic E-state index is -0.744. The summed E-state index contributed by atoms with van der Waals surface area (Å²) in [5.41, 5.74) is 1.14. The van der Waals surface area contributed by atoms with Crippen LogP contribution in [0.1, 0.15) is 12.5 Å². The van der Waals surface area contributed by atoms with Crippen molar-refractivity contribution in [2.45, 2.75) is 6.92 Å². The highest BCUT2D eigenvalue weighted by Gasteiger charge is 2.37. The molecule has 7 heteroatoms. The van der Waals surface area contributed by atoms with E-state index >= 15 is 0 Å². The summed E-state index contributed by atoms with van der Waals surface area (Å²) < 4.78 is 21.2. The lowest BCUT2D eigenvalue weighted by Gasteiger charge is -2.09. The average molecular weight is 395 g/mol. The van der Waals surface area contributed by atoms with Crippen molar-refractivity contribution in [2.75, 3.05) is 26.1 Å². The number of methoxy groups -OCH3 is 2. The first kappa shape index (κ1) is 20.0. The molecule has 0 fully saturated rings. The van der Waals surface area contributed by atoms with E-state index in [0.29, 0.717) is 22.7 Å². The number of carbonyl (C=O) groups excluding carboxylic acids is 2. The molecule has 29 heavy (non-hydrogen) atoms. The first-order chi connectivity index (χ1) is 14.1. The molecular weight excluding hydrogens is 374 g/mol. The van der Waals surface area contributed by atoms with Crippen LogP contribution in [0.2, 0.25) is 0 Å². The molecule has 0 aromatic heterocycles. The smallest absolute Gasteiger partial charge is 0.347 e. The van der Waals surface area contributed by atoms with Crippen molar-refractivity contribution in [3.05, 3.63) is 71.3 Å². The summed E-state index contributed by atoms with van der Waals surface area (Å²) in [6, 6.07) is 14.3. The lowest BCUT2D eigenvalue weighted by molar-refractivity contribution is -0.139. The Bertz CT molecular complexity index is 978. The van der Waals surface area contributed by atoms with Gasteiger partial charge in [-0.2, -0.15) is 0 Å². The Kier molecular flexibility index (Phi) is 6.19. The molecular formula is C22H21NO6. The van der Waals surface area contributed by atoms with Crippen LogP contribution in [0.5, 0.6) is 11.5 Å². The van der Waals surface area contributed by atoms with Crippen molar-refractivity contribution in [3.8, 4) is 11.5 Å². The van der Waals surface area contributed by atoms with E-state index < -0.39 is 11.8 Å². The van der Waals surface area contributed by atoms with Crippen molar-refractivity contribution >= 4 is 23.5 Å². The monoisotopic (exact) mass is 395 g/mol. The molecule has 7 nitrogen and oxygen atoms in total. The second-order valence-electron chi connectivity index (χ2n) is 5.97. The third-order valence-corrected chi connectivity index (χ3v) is 4.11. The number of carbonyl (C=O) groups is 2. The van der Waals surface area contributed by atoms with Gasteiger partial charge in [0, 0.05) is 5.69 Å². The van der Waals surface area contributed by atoms with Gasteiger partial charge in [-0.25, -0.2) is 4.79 Å². The Balaban J connectivity index is 1.94. The SMILES string of the molecule is CCOC(=O)C1=C(Nc2ccccc2)O/C(=C/c2ccc(OC)c(OC)c2)C1=O. The van der Waals surface area contributed by atoms with Gasteiger partial charge in [-0.3, -0.25) is 4.79 Å². The minimum Gasteiger partial charge on any atom is -0.493 e. The number of rotatable bonds is 7. The maximum atomic E-state index is 12.9. The minimum absolute atomic E-state index is 0.00120. The zero-order valence-corrected chi connectivity index (χ0v) is 16.4. The third-order valence-electron chi connectivity index (χ3n) is 4.11. The number of hydrogen-bond donors (Lipinski definition) is 1. The Morgan fingerprint density at radius 1 is 1.07 bits per heavy atom. The quantitative estimate of drug-likeness (QED) is 0.436. The van der Waals surface area contributed by atoms with Crippen LogP contribution in [0, 0.1) is 0 Å². The summed E-state index contributed by atoms with van der Waals surface area (Å²) in [6.45, 7) is 1.81. The molecule has 0 saturated heterocycles. The van der Waals surface area contributed by atoms with Crippen molar-refractivity contribution in [1.29, 1.82) is 0 Å². The number of para-hydroxylation sites is 1. The van der Waals surface area contributed by atoms with E-state index in [4.69, 9.17) is 18.9 Å². The highest BCUT2D eigenvalue weighted by molar-refractivity contribution is 6.26. The molecule has 0 spiro atoms. The molecule has 0 saturated carbocycles. The van der Waals surface area contributed by atoms with Crippen LogP contribution in [0.3, 0.4) is 0 Å². The van der Waals surface area contributed by atoms with Crippen molar-refractivity contribution < 1.29 is 28.5 Å². The highest BCUT2D eigenvalue weighted by atomic mass is 16.5. The Morgan fingerprint density at radius 2 is 1.79 bits per heavy atom. The van der Waals surface area contributed by atoms with E-state index in [1.807, 2.05) is 18.2 Å². The number of esters is 1. The summed E-state index contributed by atoms with van der Waals surface area (Å²) in [5.74, 6) is -0.202. The Hall–Kier alpha value is -3.74. The Labute approximate surface area is 168 Å². The predicted molar refractivity (Wildman–Crippen MR) is 107 cm³/mol. The van der Waals surface area contributed by atoms with E-state index in [0.717, 1.165) is 0 Å². The normalized spacial score (nSPS) is 14.6. The van der Waals surface area contributed by atoms with E-state index in [-0.39, 0.29) is 23.8 Å². The molecule has 1 heterocycles. The first-order valence-corrected chi connectivity index (χ1v) is 8.97. The van der Waals surface area contributed by atoms with Gasteiger partial charge in [0.2, 0.25) is 11.7 Å². The number of anilines is 1. The van der Waals surface area contributed by atoms with Gasteiger partial charge in [-0.15, -0.1) is 0 Å². The third kappa shape index (κ3) is 4.40. The van der Waals surface area contributed by atoms with Gasteiger partial charge in [-0.05, 0) is 42.8 Å². The number of benzene rings is 2. The van der Waals surface area contributed by atoms with Crippen LogP contribution in [0.4, 0.5) is 5.69 Å². The molecule has 1 N–H and O–H groups in total. The fourth-order valence-corrected chi connectivity index (χ4v) is 2.75. The molecule has 1 aliphatic rings. The summed E-state index contributed by atoms with van der Waals surface area (Å²) in [6.07, 6.45) is 1.53. The molecule has 0 aliphatic carbocycles. The maximum absolute atomic E-state index is 12.9. The summed E-state index contributed by atoms with van der Waals surface area (Å²) in [7, 11) is 3.06. The number of Topliss-reactive ketones (excluding diaryl/α,β-unsaturated/α-hetero) is 1. The number of allylic oxidation sites excluding steroid dienone is 1. The molecule has 2 aromatic carbocycles. The van der Waals surface area contributed by atoms with Gasteiger partial charge in [0.05, 0.1) is 20.8 Å². The van der Waals surface area contributed by atoms with Crippen molar-refractivity contribution in [3.63, 3.8) is 0 Å². The fourth-order valence-electron chi connectivity index (χ4n) is 2.75. The van der Waals surface area contributed by atoms with E-state index in [2.05, 4.69) is 5.32 Å². The molecule has 2 aromatic rings. The van der Waals surface area contributed by atoms with E-state index in [1.54, 1.807) is 37.3 Å². The molecule has 3 rings (SSSR count). The molecule has 0 bridgehead atoms. The zero-order chi connectivity index (χ0) is 20.8. The fraction of sp³-hybridized carbons (Fsp3) is 0.182. The van der Waals surface area contributed by atoms with Gasteiger partial charge < -0.3 is 24.3 Å². The number of nitrogens with one attached hydrogen (secondary N) is 1. The lowest BCUT2D eigenvalue weighted by Crippen LogP contribution is -2.16. The molecule has 0 radical (unpaired) electrons. The summed E-state index contributed by atoms with van der Waals surface area (Å²) >= 11 is 0. The zero-order valence-electron chi connectivity index (χ0n) is 16.4. The van der Waals surface area contributed by atoms with Gasteiger partial charge in [0.1, 0.15) is 0 Å². The van der Waals surface area contributed by atoms with Crippen molar-refractivity contribution in [2.24, 2.45) is 0 Å². The molecule has 0 atom stereocenters. The summed E-state index contributed by atoms with van der Waals surface area (Å²) in [5, 5.41) is 2.97. The lowest BCUT2D eigenvalue weighted by atomic mass is 10.1. The van der Waals surface area contributed by atoms with E-state index in [1.165, 1.54) is 20.3 Å². The topological polar surface area (TPSA) is 83.1 Å². The number of ether oxygens (including phenoxy) is 4. The number of ketones is 1. The summed E-state index contributed by atoms with van der Waals surface area (Å²) in [4.78, 5) is 25.2. The molecule has 150 valence electrons. The largest absolute Gasteiger partial charge is 0.493 e. The van der Waals surface area contributed by atoms with Gasteiger partial charge in [0.15, 0.2) is 22.8 Å². The van der Waals surface area contributed by atoms with Crippen LogP contribution < -0.4 is 14.8 Å². The van der Waals surface area contributed by atoms with Gasteiger partial charge in [-0.1, -0.05) is 24.3 Å². The van der Waals surface area contributed by atoms with E-state index in [9.17, 15) is 9.59 Å². The Morgan fingerprint density at radius 3 is 2.45 bits per heavy atom. The molecule has 0 amide bonds. The van der Waals surface area contributed by atoms with Crippen LogP contribution >= 0.6 is 0 Å². The first-order valence-electron chi connectivity index (χ1n) is 8.97. The standard InChI is InChI=1S/C22H21NO6/c1-4-28-22(25)19-20(24)18(29-21(19)23-15-8-6-5-7-9-15)13-14-10-11-16(26-2)17(12-14)27-3/h5-13,23H,4H2,1-3H3/b18-13+. The van der Waals surface area contributed by atoms with Crippen molar-refractivity contribution in [1.82, 2.24) is 0 Å². The van der Waals surface area contributed by atoms with Crippen LogP contribution in [0.15, 0.2) is 65.7 Å². The van der Waals surface area contributed by atoms with Crippen LogP contribution in [-0.4, -0.2) is 32.6 Å². The number of hydrogen-bond acceptors (Lipinski definition) is 7. The molecule has 1 aliphatic heterocycles.